The molecule has 29 heavy (non-hydrogen) atoms. The summed E-state index contributed by atoms with van der Waals surface area (Å²) >= 11 is 0. The molecule has 0 unspecified atom stereocenters. The van der Waals surface area contributed by atoms with Gasteiger partial charge in [-0.05, 0) is 45.7 Å². The first-order chi connectivity index (χ1) is 13.9. The van der Waals surface area contributed by atoms with E-state index in [2.05, 4.69) is 27.5 Å². The van der Waals surface area contributed by atoms with E-state index in [1.54, 1.807) is 19.1 Å². The third-order valence-electron chi connectivity index (χ3n) is 5.11. The molecular formula is C21H23FN4O3. The number of benzene rings is 1. The minimum atomic E-state index is -0.433. The maximum atomic E-state index is 14.3. The number of amides is 1. The first-order valence-corrected chi connectivity index (χ1v) is 9.62. The Morgan fingerprint density at radius 3 is 2.86 bits per heavy atom. The molecule has 0 saturated heterocycles. The number of fused-ring (bicyclic) bond motifs is 1. The molecule has 0 aliphatic heterocycles. The molecule has 0 spiro atoms. The van der Waals surface area contributed by atoms with Crippen molar-refractivity contribution in [3.8, 4) is 5.75 Å². The van der Waals surface area contributed by atoms with Gasteiger partial charge in [-0.25, -0.2) is 14.4 Å². The monoisotopic (exact) mass is 398 g/mol. The lowest BCUT2D eigenvalue weighted by molar-refractivity contribution is 0.0950. The van der Waals surface area contributed by atoms with Gasteiger partial charge in [0.05, 0.1) is 17.6 Å². The van der Waals surface area contributed by atoms with Crippen molar-refractivity contribution in [2.45, 2.75) is 45.7 Å². The van der Waals surface area contributed by atoms with Crippen LogP contribution in [0.15, 0.2) is 28.9 Å². The summed E-state index contributed by atoms with van der Waals surface area (Å²) in [5.41, 5.74) is 0.963. The van der Waals surface area contributed by atoms with Gasteiger partial charge in [0.15, 0.2) is 0 Å². The molecule has 2 heterocycles. The lowest BCUT2D eigenvalue weighted by Gasteiger charge is -2.14. The van der Waals surface area contributed by atoms with E-state index in [0.29, 0.717) is 46.2 Å². The van der Waals surface area contributed by atoms with Crippen LogP contribution in [0.5, 0.6) is 5.75 Å². The third kappa shape index (κ3) is 3.74. The van der Waals surface area contributed by atoms with Gasteiger partial charge < -0.3 is 19.8 Å². The van der Waals surface area contributed by atoms with Gasteiger partial charge in [0.2, 0.25) is 5.71 Å². The normalized spacial score (nSPS) is 14.6. The fourth-order valence-corrected chi connectivity index (χ4v) is 3.27. The molecule has 3 aromatic rings. The Bertz CT molecular complexity index is 1080. The van der Waals surface area contributed by atoms with Crippen LogP contribution in [0.1, 0.15) is 48.4 Å². The van der Waals surface area contributed by atoms with Crippen LogP contribution in [-0.2, 0) is 6.54 Å². The van der Waals surface area contributed by atoms with E-state index >= 15 is 0 Å². The minimum Gasteiger partial charge on any atom is -0.493 e. The highest BCUT2D eigenvalue weighted by atomic mass is 19.1. The zero-order valence-electron chi connectivity index (χ0n) is 16.6. The Labute approximate surface area is 167 Å². The summed E-state index contributed by atoms with van der Waals surface area (Å²) in [7, 11) is 0. The summed E-state index contributed by atoms with van der Waals surface area (Å²) in [4.78, 5) is 21.5. The summed E-state index contributed by atoms with van der Waals surface area (Å²) < 4.78 is 25.4. The van der Waals surface area contributed by atoms with Gasteiger partial charge in [0.25, 0.3) is 5.91 Å². The second-order valence-corrected chi connectivity index (χ2v) is 7.45. The lowest BCUT2D eigenvalue weighted by Crippen LogP contribution is -2.25. The van der Waals surface area contributed by atoms with E-state index in [4.69, 9.17) is 9.15 Å². The van der Waals surface area contributed by atoms with Crippen LogP contribution in [0.3, 0.4) is 0 Å². The van der Waals surface area contributed by atoms with E-state index in [-0.39, 0.29) is 18.0 Å². The van der Waals surface area contributed by atoms with Crippen LogP contribution in [0, 0.1) is 12.7 Å². The molecule has 4 rings (SSSR count). The topological polar surface area (TPSA) is 89.3 Å². The van der Waals surface area contributed by atoms with Crippen LogP contribution in [-0.4, -0.2) is 28.0 Å². The Morgan fingerprint density at radius 2 is 2.14 bits per heavy atom. The maximum Gasteiger partial charge on any atom is 0.255 e. The Morgan fingerprint density at radius 1 is 1.34 bits per heavy atom. The average Bonchev–Trinajstić information content (AvgIpc) is 3.29. The third-order valence-corrected chi connectivity index (χ3v) is 5.11. The number of hydrogen-bond acceptors (Lipinski definition) is 6. The van der Waals surface area contributed by atoms with Crippen LogP contribution >= 0.6 is 0 Å². The predicted octanol–water partition coefficient (Wildman–Crippen LogP) is 3.96. The van der Waals surface area contributed by atoms with Gasteiger partial charge in [0.1, 0.15) is 29.5 Å². The van der Waals surface area contributed by atoms with Crippen LogP contribution < -0.4 is 15.4 Å². The number of nitrogens with one attached hydrogen (secondary N) is 2. The molecule has 1 aliphatic rings. The quantitative estimate of drug-likeness (QED) is 0.626. The van der Waals surface area contributed by atoms with E-state index in [1.807, 2.05) is 6.92 Å². The van der Waals surface area contributed by atoms with Crippen molar-refractivity contribution in [1.82, 2.24) is 15.3 Å². The molecule has 152 valence electrons. The molecule has 0 radical (unpaired) electrons. The van der Waals surface area contributed by atoms with Crippen molar-refractivity contribution in [1.29, 1.82) is 0 Å². The van der Waals surface area contributed by atoms with E-state index < -0.39 is 5.82 Å². The van der Waals surface area contributed by atoms with Gasteiger partial charge in [-0.1, -0.05) is 6.07 Å². The van der Waals surface area contributed by atoms with E-state index in [0.717, 1.165) is 12.8 Å². The van der Waals surface area contributed by atoms with E-state index in [9.17, 15) is 9.18 Å². The molecule has 1 saturated carbocycles. The van der Waals surface area contributed by atoms with Crippen molar-refractivity contribution in [2.75, 3.05) is 11.9 Å². The molecule has 7 nitrogen and oxygen atoms in total. The van der Waals surface area contributed by atoms with Gasteiger partial charge in [-0.2, -0.15) is 0 Å². The van der Waals surface area contributed by atoms with Gasteiger partial charge >= 0.3 is 0 Å². The molecule has 1 aliphatic carbocycles. The molecule has 0 bridgehead atoms. The largest absolute Gasteiger partial charge is 0.493 e. The van der Waals surface area contributed by atoms with Gasteiger partial charge in [0, 0.05) is 17.6 Å². The fraction of sp³-hybridized carbons (Fsp3) is 0.381. The number of halogens is 1. The number of aromatic nitrogens is 2. The second-order valence-electron chi connectivity index (χ2n) is 7.45. The number of hydrogen-bond donors (Lipinski definition) is 2. The first kappa shape index (κ1) is 19.2. The molecule has 2 aromatic heterocycles. The molecule has 8 heteroatoms. The number of nitrogens with zero attached hydrogens (tertiary/aromatic N) is 2. The van der Waals surface area contributed by atoms with Crippen LogP contribution in [0.2, 0.25) is 0 Å². The lowest BCUT2D eigenvalue weighted by atomic mass is 10.1. The summed E-state index contributed by atoms with van der Waals surface area (Å²) in [5, 5.41) is 6.70. The summed E-state index contributed by atoms with van der Waals surface area (Å²) in [6, 6.07) is 4.60. The highest BCUT2D eigenvalue weighted by molar-refractivity contribution is 6.10. The predicted molar refractivity (Wildman–Crippen MR) is 107 cm³/mol. The molecule has 0 atom stereocenters. The van der Waals surface area contributed by atoms with Crippen molar-refractivity contribution in [3.63, 3.8) is 0 Å². The molecule has 1 amide bonds. The SMILES string of the molecule is CCOc1cccc(F)c1CNC(=O)c1c(C)oc2ncnc(NC3(C)CC3)c12. The number of carbonyl (C=O) groups is 1. The number of furan rings is 1. The number of ether oxygens (including phenoxy) is 1. The number of anilines is 1. The fourth-order valence-electron chi connectivity index (χ4n) is 3.27. The molecule has 1 aromatic carbocycles. The van der Waals surface area contributed by atoms with Crippen LogP contribution in [0.4, 0.5) is 10.2 Å². The average molecular weight is 398 g/mol. The minimum absolute atomic E-state index is 0.0128. The smallest absolute Gasteiger partial charge is 0.255 e. The Balaban J connectivity index is 1.63. The molecule has 2 N–H and O–H groups in total. The van der Waals surface area contributed by atoms with Crippen molar-refractivity contribution >= 4 is 22.8 Å². The van der Waals surface area contributed by atoms with Crippen LogP contribution in [0.25, 0.3) is 11.1 Å². The standard InChI is InChI=1S/C21H23FN4O3/c1-4-28-15-7-5-6-14(22)13(15)10-23-19(27)16-12(2)29-20-17(16)18(24-11-25-20)26-21(3)8-9-21/h5-7,11H,4,8-10H2,1-3H3,(H,23,27)(H,24,25,26). The van der Waals surface area contributed by atoms with Crippen molar-refractivity contribution in [3.05, 3.63) is 47.2 Å². The first-order valence-electron chi connectivity index (χ1n) is 9.62. The van der Waals surface area contributed by atoms with Gasteiger partial charge in [-0.15, -0.1) is 0 Å². The molecule has 1 fully saturated rings. The highest BCUT2D eigenvalue weighted by Gasteiger charge is 2.38. The van der Waals surface area contributed by atoms with E-state index in [1.165, 1.54) is 12.4 Å². The Hall–Kier alpha value is -3.16. The van der Waals surface area contributed by atoms with Crippen molar-refractivity contribution < 1.29 is 18.3 Å². The zero-order valence-corrected chi connectivity index (χ0v) is 16.6. The summed E-state index contributed by atoms with van der Waals surface area (Å²) in [5.74, 6) is 0.593. The second kappa shape index (κ2) is 7.35. The van der Waals surface area contributed by atoms with Gasteiger partial charge in [-0.3, -0.25) is 4.79 Å². The number of aryl methyl sites for hydroxylation is 1. The summed E-state index contributed by atoms with van der Waals surface area (Å²) in [6.45, 7) is 6.01. The maximum absolute atomic E-state index is 14.3. The number of rotatable bonds is 7. The summed E-state index contributed by atoms with van der Waals surface area (Å²) in [6.07, 6.45) is 3.48. The number of carbonyl (C=O) groups excluding carboxylic acids is 1. The Kier molecular flexibility index (Phi) is 4.86. The highest BCUT2D eigenvalue weighted by Crippen LogP contribution is 2.40. The molecular weight excluding hydrogens is 375 g/mol. The van der Waals surface area contributed by atoms with Crippen molar-refractivity contribution in [2.24, 2.45) is 0 Å². The zero-order chi connectivity index (χ0) is 20.6.